The molecular weight excluding hydrogens is 240 g/mol. The summed E-state index contributed by atoms with van der Waals surface area (Å²) in [5.41, 5.74) is 7.42. The third-order valence-corrected chi connectivity index (χ3v) is 3.67. The molecule has 0 aromatic carbocycles. The predicted molar refractivity (Wildman–Crippen MR) is 75.9 cm³/mol. The van der Waals surface area contributed by atoms with Crippen molar-refractivity contribution in [3.63, 3.8) is 0 Å². The van der Waals surface area contributed by atoms with Gasteiger partial charge < -0.3 is 11.1 Å². The van der Waals surface area contributed by atoms with E-state index in [0.717, 1.165) is 5.69 Å². The fourth-order valence-corrected chi connectivity index (χ4v) is 1.73. The Kier molecular flexibility index (Phi) is 5.00. The van der Waals surface area contributed by atoms with Crippen molar-refractivity contribution in [3.05, 3.63) is 23.0 Å². The first kappa shape index (κ1) is 15.6. The zero-order chi connectivity index (χ0) is 14.6. The maximum atomic E-state index is 12.4. The molecule has 1 heterocycles. The van der Waals surface area contributed by atoms with Crippen molar-refractivity contribution in [2.24, 2.45) is 11.7 Å². The molecule has 0 radical (unpaired) electrons. The van der Waals surface area contributed by atoms with E-state index in [1.54, 1.807) is 6.07 Å². The second kappa shape index (κ2) is 6.10. The number of hydrogen-bond acceptors (Lipinski definition) is 4. The van der Waals surface area contributed by atoms with Crippen molar-refractivity contribution in [2.45, 2.75) is 46.6 Å². The molecule has 5 nitrogen and oxygen atoms in total. The monoisotopic (exact) mass is 264 g/mol. The van der Waals surface area contributed by atoms with Crippen LogP contribution in [0.3, 0.4) is 0 Å². The van der Waals surface area contributed by atoms with E-state index in [9.17, 15) is 4.79 Å². The largest absolute Gasteiger partial charge is 0.345 e. The summed E-state index contributed by atoms with van der Waals surface area (Å²) in [5.74, 6) is 0.124. The number of nitrogens with one attached hydrogen (secondary N) is 1. The molecule has 19 heavy (non-hydrogen) atoms. The first-order valence-electron chi connectivity index (χ1n) is 6.69. The van der Waals surface area contributed by atoms with Crippen LogP contribution in [0.15, 0.2) is 6.07 Å². The van der Waals surface area contributed by atoms with Gasteiger partial charge >= 0.3 is 0 Å². The fraction of sp³-hybridized carbons (Fsp3) is 0.643. The summed E-state index contributed by atoms with van der Waals surface area (Å²) in [6, 6.07) is 1.78. The molecule has 0 saturated heterocycles. The molecule has 5 heteroatoms. The number of aryl methyl sites for hydroxylation is 2. The van der Waals surface area contributed by atoms with E-state index >= 15 is 0 Å². The molecule has 3 N–H and O–H groups in total. The molecule has 0 spiro atoms. The number of carbonyl (C=O) groups is 1. The highest BCUT2D eigenvalue weighted by Crippen LogP contribution is 2.17. The Labute approximate surface area is 115 Å². The minimum atomic E-state index is -0.417. The normalized spacial score (nSPS) is 14.3. The van der Waals surface area contributed by atoms with Gasteiger partial charge in [-0.1, -0.05) is 20.8 Å². The summed E-state index contributed by atoms with van der Waals surface area (Å²) in [6.45, 7) is 10.2. The minimum Gasteiger partial charge on any atom is -0.345 e. The Bertz CT molecular complexity index is 459. The van der Waals surface area contributed by atoms with E-state index in [0.29, 0.717) is 24.2 Å². The van der Waals surface area contributed by atoms with Gasteiger partial charge in [-0.25, -0.2) is 0 Å². The average Bonchev–Trinajstić information content (AvgIpc) is 2.38. The Balaban J connectivity index is 3.04. The van der Waals surface area contributed by atoms with Crippen LogP contribution in [0.4, 0.5) is 0 Å². The number of aromatic nitrogens is 2. The lowest BCUT2D eigenvalue weighted by Gasteiger charge is -2.33. The summed E-state index contributed by atoms with van der Waals surface area (Å²) in [7, 11) is 0. The van der Waals surface area contributed by atoms with Crippen molar-refractivity contribution < 1.29 is 4.79 Å². The number of rotatable bonds is 5. The SMILES string of the molecule is CCc1nnc(C)cc1C(=O)NC(C)(CN)C(C)C. The maximum absolute atomic E-state index is 12.4. The standard InChI is InChI=1S/C14H24N4O/c1-6-12-11(7-10(4)17-18-12)13(19)16-14(5,8-15)9(2)3/h7,9H,6,8,15H2,1-5H3,(H,16,19). The van der Waals surface area contributed by atoms with E-state index in [1.165, 1.54) is 0 Å². The van der Waals surface area contributed by atoms with Gasteiger partial charge in [-0.3, -0.25) is 4.79 Å². The number of amides is 1. The molecule has 106 valence electrons. The Morgan fingerprint density at radius 3 is 2.58 bits per heavy atom. The number of nitrogens with zero attached hydrogens (tertiary/aromatic N) is 2. The van der Waals surface area contributed by atoms with Crippen LogP contribution < -0.4 is 11.1 Å². The first-order chi connectivity index (χ1) is 8.84. The molecule has 0 aliphatic heterocycles. The topological polar surface area (TPSA) is 80.9 Å². The lowest BCUT2D eigenvalue weighted by Crippen LogP contribution is -2.55. The lowest BCUT2D eigenvalue weighted by molar-refractivity contribution is 0.0881. The summed E-state index contributed by atoms with van der Waals surface area (Å²) in [5, 5.41) is 11.1. The van der Waals surface area contributed by atoms with Gasteiger partial charge in [-0.15, -0.1) is 0 Å². The Morgan fingerprint density at radius 2 is 2.11 bits per heavy atom. The lowest BCUT2D eigenvalue weighted by atomic mass is 9.88. The van der Waals surface area contributed by atoms with Crippen molar-refractivity contribution in [2.75, 3.05) is 6.54 Å². The van der Waals surface area contributed by atoms with Crippen molar-refractivity contribution in [1.82, 2.24) is 15.5 Å². The van der Waals surface area contributed by atoms with Crippen LogP contribution in [0.1, 0.15) is 49.4 Å². The van der Waals surface area contributed by atoms with Crippen molar-refractivity contribution in [1.29, 1.82) is 0 Å². The number of carbonyl (C=O) groups excluding carboxylic acids is 1. The second-order valence-electron chi connectivity index (χ2n) is 5.43. The van der Waals surface area contributed by atoms with Gasteiger partial charge in [0.15, 0.2) is 0 Å². The molecule has 1 atom stereocenters. The average molecular weight is 264 g/mol. The van der Waals surface area contributed by atoms with E-state index in [2.05, 4.69) is 15.5 Å². The maximum Gasteiger partial charge on any atom is 0.253 e. The molecule has 1 aromatic rings. The highest BCUT2D eigenvalue weighted by Gasteiger charge is 2.29. The third-order valence-electron chi connectivity index (χ3n) is 3.67. The second-order valence-corrected chi connectivity index (χ2v) is 5.43. The zero-order valence-electron chi connectivity index (χ0n) is 12.4. The highest BCUT2D eigenvalue weighted by atomic mass is 16.1. The van der Waals surface area contributed by atoms with Gasteiger partial charge in [0.05, 0.1) is 22.5 Å². The molecule has 0 aliphatic carbocycles. The van der Waals surface area contributed by atoms with Crippen molar-refractivity contribution >= 4 is 5.91 Å². The zero-order valence-corrected chi connectivity index (χ0v) is 12.4. The smallest absolute Gasteiger partial charge is 0.253 e. The van der Waals surface area contributed by atoms with Gasteiger partial charge in [0.25, 0.3) is 5.91 Å². The third kappa shape index (κ3) is 3.50. The molecular formula is C14H24N4O. The minimum absolute atomic E-state index is 0.128. The Hall–Kier alpha value is -1.49. The number of hydrogen-bond donors (Lipinski definition) is 2. The van der Waals surface area contributed by atoms with Crippen LogP contribution >= 0.6 is 0 Å². The molecule has 1 unspecified atom stereocenters. The molecule has 1 amide bonds. The van der Waals surface area contributed by atoms with Gasteiger partial charge in [-0.2, -0.15) is 10.2 Å². The van der Waals surface area contributed by atoms with Gasteiger partial charge in [0.1, 0.15) is 0 Å². The van der Waals surface area contributed by atoms with E-state index < -0.39 is 5.54 Å². The summed E-state index contributed by atoms with van der Waals surface area (Å²) in [4.78, 5) is 12.4. The predicted octanol–water partition coefficient (Wildman–Crippen LogP) is 1.45. The first-order valence-corrected chi connectivity index (χ1v) is 6.69. The molecule has 0 fully saturated rings. The number of nitrogens with two attached hydrogens (primary N) is 1. The molecule has 1 rings (SSSR count). The van der Waals surface area contributed by atoms with Gasteiger partial charge in [0, 0.05) is 6.54 Å². The highest BCUT2D eigenvalue weighted by molar-refractivity contribution is 5.95. The van der Waals surface area contributed by atoms with E-state index in [4.69, 9.17) is 5.73 Å². The van der Waals surface area contributed by atoms with Crippen LogP contribution in [-0.4, -0.2) is 28.2 Å². The molecule has 0 aliphatic rings. The van der Waals surface area contributed by atoms with E-state index in [-0.39, 0.29) is 11.8 Å². The molecule has 1 aromatic heterocycles. The van der Waals surface area contributed by atoms with Gasteiger partial charge in [-0.05, 0) is 32.3 Å². The van der Waals surface area contributed by atoms with Crippen LogP contribution in [0, 0.1) is 12.8 Å². The van der Waals surface area contributed by atoms with Crippen molar-refractivity contribution in [3.8, 4) is 0 Å². The van der Waals surface area contributed by atoms with Crippen LogP contribution in [-0.2, 0) is 6.42 Å². The van der Waals surface area contributed by atoms with Crippen LogP contribution in [0.25, 0.3) is 0 Å². The van der Waals surface area contributed by atoms with E-state index in [1.807, 2.05) is 34.6 Å². The van der Waals surface area contributed by atoms with Crippen LogP contribution in [0.2, 0.25) is 0 Å². The summed E-state index contributed by atoms with van der Waals surface area (Å²) < 4.78 is 0. The summed E-state index contributed by atoms with van der Waals surface area (Å²) >= 11 is 0. The van der Waals surface area contributed by atoms with Gasteiger partial charge in [0.2, 0.25) is 0 Å². The fourth-order valence-electron chi connectivity index (χ4n) is 1.73. The molecule has 0 saturated carbocycles. The Morgan fingerprint density at radius 1 is 1.47 bits per heavy atom. The molecule has 0 bridgehead atoms. The van der Waals surface area contributed by atoms with Crippen LogP contribution in [0.5, 0.6) is 0 Å². The summed E-state index contributed by atoms with van der Waals surface area (Å²) in [6.07, 6.45) is 0.678. The quantitative estimate of drug-likeness (QED) is 0.843.